The first-order chi connectivity index (χ1) is 22.9. The SMILES string of the molecule is COc1ccc(F)c(-c2ccc(CBr)cc2C2=CCCC2(C)C)c1.COc1ccc(F)c(-c2ccc(CO)cc2C2=CCCC2(C)C)c1. The zero-order valence-corrected chi connectivity index (χ0v) is 30.3. The van der Waals surface area contributed by atoms with E-state index < -0.39 is 0 Å². The molecule has 0 spiro atoms. The lowest BCUT2D eigenvalue weighted by Crippen LogP contribution is -2.10. The number of benzene rings is 4. The van der Waals surface area contributed by atoms with Gasteiger partial charge in [-0.2, -0.15) is 0 Å². The van der Waals surface area contributed by atoms with Crippen LogP contribution in [0, 0.1) is 22.5 Å². The van der Waals surface area contributed by atoms with E-state index in [1.807, 2.05) is 24.3 Å². The second-order valence-corrected chi connectivity index (χ2v) is 14.4. The summed E-state index contributed by atoms with van der Waals surface area (Å²) in [7, 11) is 3.18. The lowest BCUT2D eigenvalue weighted by atomic mass is 9.79. The van der Waals surface area contributed by atoms with Crippen LogP contribution in [0.5, 0.6) is 11.5 Å². The minimum absolute atomic E-state index is 0.0262. The minimum Gasteiger partial charge on any atom is -0.497 e. The second-order valence-electron chi connectivity index (χ2n) is 13.8. The fraction of sp³-hybridized carbons (Fsp3) is 0.333. The highest BCUT2D eigenvalue weighted by Crippen LogP contribution is 2.49. The molecule has 0 bridgehead atoms. The maximum Gasteiger partial charge on any atom is 0.131 e. The predicted molar refractivity (Wildman–Crippen MR) is 197 cm³/mol. The Balaban J connectivity index is 0.000000188. The summed E-state index contributed by atoms with van der Waals surface area (Å²) in [4.78, 5) is 0. The molecule has 6 heteroatoms. The molecular formula is C42H45BrF2O3. The minimum atomic E-state index is -0.273. The quantitative estimate of drug-likeness (QED) is 0.185. The third kappa shape index (κ3) is 7.45. The number of allylic oxidation sites excluding steroid dienone is 4. The van der Waals surface area contributed by atoms with E-state index in [1.54, 1.807) is 38.5 Å². The maximum atomic E-state index is 14.5. The molecular weight excluding hydrogens is 670 g/mol. The Morgan fingerprint density at radius 2 is 1.04 bits per heavy atom. The van der Waals surface area contributed by atoms with Crippen molar-refractivity contribution in [3.8, 4) is 33.8 Å². The summed E-state index contributed by atoms with van der Waals surface area (Å²) in [5, 5.41) is 10.3. The molecule has 4 aromatic rings. The molecule has 48 heavy (non-hydrogen) atoms. The van der Waals surface area contributed by atoms with Crippen LogP contribution in [0.1, 0.15) is 75.6 Å². The molecule has 1 N–H and O–H groups in total. The van der Waals surface area contributed by atoms with Crippen LogP contribution in [0.2, 0.25) is 0 Å². The second kappa shape index (κ2) is 14.8. The van der Waals surface area contributed by atoms with Crippen molar-refractivity contribution >= 4 is 27.1 Å². The molecule has 6 rings (SSSR count). The fourth-order valence-corrected chi connectivity index (χ4v) is 7.23. The van der Waals surface area contributed by atoms with Gasteiger partial charge in [-0.05, 0) is 124 Å². The molecule has 4 aromatic carbocycles. The third-order valence-electron chi connectivity index (χ3n) is 9.71. The van der Waals surface area contributed by atoms with Gasteiger partial charge in [0.1, 0.15) is 23.1 Å². The zero-order valence-electron chi connectivity index (χ0n) is 28.7. The van der Waals surface area contributed by atoms with Crippen LogP contribution in [0.3, 0.4) is 0 Å². The molecule has 0 fully saturated rings. The molecule has 0 heterocycles. The van der Waals surface area contributed by atoms with Crippen LogP contribution in [-0.4, -0.2) is 19.3 Å². The van der Waals surface area contributed by atoms with E-state index in [4.69, 9.17) is 9.47 Å². The summed E-state index contributed by atoms with van der Waals surface area (Å²) in [6, 6.07) is 21.7. The summed E-state index contributed by atoms with van der Waals surface area (Å²) < 4.78 is 39.6. The van der Waals surface area contributed by atoms with Crippen molar-refractivity contribution in [2.45, 2.75) is 65.3 Å². The van der Waals surface area contributed by atoms with E-state index in [9.17, 15) is 13.9 Å². The Morgan fingerprint density at radius 3 is 1.42 bits per heavy atom. The van der Waals surface area contributed by atoms with Gasteiger partial charge in [0.25, 0.3) is 0 Å². The van der Waals surface area contributed by atoms with Crippen molar-refractivity contribution in [2.75, 3.05) is 14.2 Å². The maximum absolute atomic E-state index is 14.5. The Labute approximate surface area is 292 Å². The predicted octanol–water partition coefficient (Wildman–Crippen LogP) is 11.8. The highest BCUT2D eigenvalue weighted by molar-refractivity contribution is 9.08. The first kappa shape index (κ1) is 35.6. The van der Waals surface area contributed by atoms with Gasteiger partial charge in [0.05, 0.1) is 20.8 Å². The van der Waals surface area contributed by atoms with Crippen molar-refractivity contribution < 1.29 is 23.4 Å². The van der Waals surface area contributed by atoms with E-state index >= 15 is 0 Å². The Morgan fingerprint density at radius 1 is 0.604 bits per heavy atom. The number of ether oxygens (including phenoxy) is 2. The van der Waals surface area contributed by atoms with Crippen molar-refractivity contribution in [3.05, 3.63) is 119 Å². The van der Waals surface area contributed by atoms with Gasteiger partial charge < -0.3 is 14.6 Å². The summed E-state index contributed by atoms with van der Waals surface area (Å²) in [6.07, 6.45) is 8.83. The van der Waals surface area contributed by atoms with Gasteiger partial charge in [0, 0.05) is 16.5 Å². The van der Waals surface area contributed by atoms with Gasteiger partial charge in [-0.1, -0.05) is 86.1 Å². The van der Waals surface area contributed by atoms with Crippen LogP contribution < -0.4 is 9.47 Å². The number of hydrogen-bond acceptors (Lipinski definition) is 3. The van der Waals surface area contributed by atoms with Gasteiger partial charge in [0.15, 0.2) is 0 Å². The topological polar surface area (TPSA) is 38.7 Å². The van der Waals surface area contributed by atoms with Crippen molar-refractivity contribution in [2.24, 2.45) is 10.8 Å². The zero-order chi connectivity index (χ0) is 34.6. The number of hydrogen-bond donors (Lipinski definition) is 1. The molecule has 0 saturated carbocycles. The molecule has 0 aliphatic heterocycles. The van der Waals surface area contributed by atoms with Crippen LogP contribution in [0.4, 0.5) is 8.78 Å². The number of methoxy groups -OCH3 is 2. The van der Waals surface area contributed by atoms with E-state index in [0.29, 0.717) is 22.6 Å². The molecule has 0 atom stereocenters. The summed E-state index contributed by atoms with van der Waals surface area (Å²) in [5.41, 5.74) is 9.71. The molecule has 0 aromatic heterocycles. The average Bonchev–Trinajstić information content (AvgIpc) is 3.64. The van der Waals surface area contributed by atoms with Crippen LogP contribution in [-0.2, 0) is 11.9 Å². The lowest BCUT2D eigenvalue weighted by molar-refractivity contribution is 0.282. The molecule has 3 nitrogen and oxygen atoms in total. The average molecular weight is 716 g/mol. The van der Waals surface area contributed by atoms with Gasteiger partial charge in [-0.25, -0.2) is 8.78 Å². The molecule has 2 aliphatic rings. The van der Waals surface area contributed by atoms with Crippen molar-refractivity contribution in [3.63, 3.8) is 0 Å². The van der Waals surface area contributed by atoms with Crippen molar-refractivity contribution in [1.82, 2.24) is 0 Å². The summed E-state index contributed by atoms with van der Waals surface area (Å²) >= 11 is 3.53. The fourth-order valence-electron chi connectivity index (χ4n) is 6.88. The number of aliphatic hydroxyl groups excluding tert-OH is 1. The normalized spacial score (nSPS) is 16.1. The highest BCUT2D eigenvalue weighted by Gasteiger charge is 2.31. The monoisotopic (exact) mass is 714 g/mol. The Kier molecular flexibility index (Phi) is 11.0. The van der Waals surface area contributed by atoms with Crippen molar-refractivity contribution in [1.29, 1.82) is 0 Å². The molecule has 2 aliphatic carbocycles. The number of rotatable bonds is 8. The Hall–Kier alpha value is -3.74. The molecule has 252 valence electrons. The number of halogens is 3. The van der Waals surface area contributed by atoms with Crippen LogP contribution in [0.25, 0.3) is 33.4 Å². The van der Waals surface area contributed by atoms with E-state index in [0.717, 1.165) is 58.8 Å². The summed E-state index contributed by atoms with van der Waals surface area (Å²) in [6.45, 7) is 8.92. The van der Waals surface area contributed by atoms with Gasteiger partial charge in [-0.3, -0.25) is 0 Å². The summed E-state index contributed by atoms with van der Waals surface area (Å²) in [5.74, 6) is 0.801. The molecule has 0 saturated heterocycles. The molecule has 0 unspecified atom stereocenters. The molecule has 0 amide bonds. The standard InChI is InChI=1S/C21H22BrFO.C21H23FO2/c1-21(2)10-4-5-19(21)17-11-14(13-22)6-8-16(17)18-12-15(24-3)7-9-20(18)23;1-21(2)10-4-5-19(21)17-11-14(13-23)6-8-16(17)18-12-15(24-3)7-9-20(18)22/h5-9,11-12H,4,10,13H2,1-3H3;5-9,11-12,23H,4,10,13H2,1-3H3. The first-order valence-corrected chi connectivity index (χ1v) is 17.6. The van der Waals surface area contributed by atoms with Crippen LogP contribution in [0.15, 0.2) is 84.9 Å². The van der Waals surface area contributed by atoms with E-state index in [2.05, 4.69) is 67.9 Å². The largest absolute Gasteiger partial charge is 0.497 e. The van der Waals surface area contributed by atoms with Gasteiger partial charge in [-0.15, -0.1) is 0 Å². The highest BCUT2D eigenvalue weighted by atomic mass is 79.9. The molecule has 0 radical (unpaired) electrons. The van der Waals surface area contributed by atoms with Gasteiger partial charge >= 0.3 is 0 Å². The van der Waals surface area contributed by atoms with Crippen LogP contribution >= 0.6 is 15.9 Å². The third-order valence-corrected chi connectivity index (χ3v) is 10.4. The van der Waals surface area contributed by atoms with E-state index in [1.165, 1.54) is 28.8 Å². The van der Waals surface area contributed by atoms with Gasteiger partial charge in [0.2, 0.25) is 0 Å². The number of aliphatic hydroxyl groups is 1. The Bertz CT molecular complexity index is 1720. The lowest BCUT2D eigenvalue weighted by Gasteiger charge is -2.25. The number of alkyl halides is 1. The first-order valence-electron chi connectivity index (χ1n) is 16.4. The smallest absolute Gasteiger partial charge is 0.131 e. The van der Waals surface area contributed by atoms with E-state index in [-0.39, 0.29) is 29.1 Å².